The van der Waals surface area contributed by atoms with E-state index < -0.39 is 0 Å². The van der Waals surface area contributed by atoms with Crippen molar-refractivity contribution in [2.75, 3.05) is 0 Å². The van der Waals surface area contributed by atoms with Crippen LogP contribution in [0.1, 0.15) is 27.7 Å². The highest BCUT2D eigenvalue weighted by Gasteiger charge is 2.22. The molecule has 0 fully saturated rings. The Morgan fingerprint density at radius 2 is 2.08 bits per heavy atom. The van der Waals surface area contributed by atoms with Crippen molar-refractivity contribution in [3.8, 4) is 0 Å². The molecule has 0 spiro atoms. The van der Waals surface area contributed by atoms with Crippen LogP contribution in [-0.4, -0.2) is 16.4 Å². The summed E-state index contributed by atoms with van der Waals surface area (Å²) >= 11 is 1.59. The van der Waals surface area contributed by atoms with Crippen LogP contribution < -0.4 is 0 Å². The van der Waals surface area contributed by atoms with E-state index in [1.54, 1.807) is 18.7 Å². The standard InChI is InChI=1S/C9H13NO2S/c1-6-7(8(11)12-10-6)5-13-9(2,3)4/h5H,1-4H3/b7-5-. The van der Waals surface area contributed by atoms with E-state index >= 15 is 0 Å². The summed E-state index contributed by atoms with van der Waals surface area (Å²) in [6.45, 7) is 8.02. The molecule has 0 saturated heterocycles. The lowest BCUT2D eigenvalue weighted by Crippen LogP contribution is -2.07. The van der Waals surface area contributed by atoms with E-state index in [-0.39, 0.29) is 10.7 Å². The molecule has 1 aliphatic heterocycles. The van der Waals surface area contributed by atoms with Gasteiger partial charge in [-0.3, -0.25) is 0 Å². The second-order valence-electron chi connectivity index (χ2n) is 3.82. The first-order valence-electron chi connectivity index (χ1n) is 4.04. The quantitative estimate of drug-likeness (QED) is 0.480. The molecule has 1 heterocycles. The van der Waals surface area contributed by atoms with E-state index in [1.165, 1.54) is 0 Å². The zero-order chi connectivity index (χ0) is 10.1. The number of thioether (sulfide) groups is 1. The largest absolute Gasteiger partial charge is 0.368 e. The summed E-state index contributed by atoms with van der Waals surface area (Å²) in [5, 5.41) is 5.40. The van der Waals surface area contributed by atoms with Crippen LogP contribution in [0.15, 0.2) is 16.1 Å². The van der Waals surface area contributed by atoms with Gasteiger partial charge in [0.1, 0.15) is 0 Å². The van der Waals surface area contributed by atoms with Crippen molar-refractivity contribution in [1.82, 2.24) is 0 Å². The predicted molar refractivity (Wildman–Crippen MR) is 54.6 cm³/mol. The molecule has 0 aromatic carbocycles. The molecule has 0 radical (unpaired) electrons. The van der Waals surface area contributed by atoms with Crippen molar-refractivity contribution in [3.63, 3.8) is 0 Å². The first-order valence-corrected chi connectivity index (χ1v) is 4.92. The van der Waals surface area contributed by atoms with Gasteiger partial charge in [-0.15, -0.1) is 11.8 Å². The van der Waals surface area contributed by atoms with Crippen LogP contribution in [0.3, 0.4) is 0 Å². The molecular weight excluding hydrogens is 186 g/mol. The summed E-state index contributed by atoms with van der Waals surface area (Å²) in [7, 11) is 0. The molecule has 13 heavy (non-hydrogen) atoms. The maximum absolute atomic E-state index is 11.1. The Balaban J connectivity index is 2.71. The summed E-state index contributed by atoms with van der Waals surface area (Å²) in [4.78, 5) is 15.6. The maximum atomic E-state index is 11.1. The average molecular weight is 199 g/mol. The molecule has 0 aromatic heterocycles. The highest BCUT2D eigenvalue weighted by Crippen LogP contribution is 2.27. The van der Waals surface area contributed by atoms with Gasteiger partial charge >= 0.3 is 5.97 Å². The molecule has 4 heteroatoms. The minimum atomic E-state index is -0.353. The molecule has 72 valence electrons. The lowest BCUT2D eigenvalue weighted by Gasteiger charge is -2.14. The number of oxime groups is 1. The molecule has 0 bridgehead atoms. The van der Waals surface area contributed by atoms with Gasteiger partial charge in [0, 0.05) is 4.75 Å². The number of carbonyl (C=O) groups excluding carboxylic acids is 1. The third-order valence-electron chi connectivity index (χ3n) is 1.41. The predicted octanol–water partition coefficient (Wildman–Crippen LogP) is 2.33. The first kappa shape index (κ1) is 10.3. The van der Waals surface area contributed by atoms with Crippen LogP contribution in [-0.2, 0) is 9.63 Å². The third-order valence-corrected chi connectivity index (χ3v) is 2.47. The lowest BCUT2D eigenvalue weighted by molar-refractivity contribution is -0.136. The summed E-state index contributed by atoms with van der Waals surface area (Å²) in [5.41, 5.74) is 1.22. The van der Waals surface area contributed by atoms with Gasteiger partial charge in [0.2, 0.25) is 0 Å². The Hall–Kier alpha value is -0.770. The van der Waals surface area contributed by atoms with Crippen LogP contribution in [0.2, 0.25) is 0 Å². The number of hydrogen-bond acceptors (Lipinski definition) is 4. The zero-order valence-electron chi connectivity index (χ0n) is 8.25. The minimum Gasteiger partial charge on any atom is -0.312 e. The molecule has 0 unspecified atom stereocenters. The topological polar surface area (TPSA) is 38.7 Å². The Labute approximate surface area is 82.2 Å². The van der Waals surface area contributed by atoms with Gasteiger partial charge in [-0.2, -0.15) is 0 Å². The molecule has 0 atom stereocenters. The monoisotopic (exact) mass is 199 g/mol. The maximum Gasteiger partial charge on any atom is 0.368 e. The molecule has 0 amide bonds. The third kappa shape index (κ3) is 2.88. The van der Waals surface area contributed by atoms with E-state index in [4.69, 9.17) is 0 Å². The van der Waals surface area contributed by atoms with Gasteiger partial charge in [-0.1, -0.05) is 25.9 Å². The van der Waals surface area contributed by atoms with Crippen molar-refractivity contribution in [2.45, 2.75) is 32.4 Å². The van der Waals surface area contributed by atoms with Gasteiger partial charge in [0.15, 0.2) is 0 Å². The molecule has 1 rings (SSSR count). The number of hydrogen-bond donors (Lipinski definition) is 0. The Bertz CT molecular complexity index is 286. The second kappa shape index (κ2) is 3.54. The summed E-state index contributed by atoms with van der Waals surface area (Å²) in [5.74, 6) is -0.353. The zero-order valence-corrected chi connectivity index (χ0v) is 9.07. The van der Waals surface area contributed by atoms with Crippen molar-refractivity contribution in [2.24, 2.45) is 5.16 Å². The lowest BCUT2D eigenvalue weighted by atomic mass is 10.2. The highest BCUT2D eigenvalue weighted by atomic mass is 32.2. The van der Waals surface area contributed by atoms with Crippen molar-refractivity contribution in [1.29, 1.82) is 0 Å². The molecule has 0 aliphatic carbocycles. The van der Waals surface area contributed by atoms with Crippen molar-refractivity contribution in [3.05, 3.63) is 11.0 Å². The first-order chi connectivity index (χ1) is 5.90. The normalized spacial score (nSPS) is 20.5. The fourth-order valence-electron chi connectivity index (χ4n) is 0.725. The van der Waals surface area contributed by atoms with E-state index in [0.717, 1.165) is 0 Å². The number of nitrogens with zero attached hydrogens (tertiary/aromatic N) is 1. The van der Waals surface area contributed by atoms with Crippen LogP contribution >= 0.6 is 11.8 Å². The number of carbonyl (C=O) groups is 1. The fraction of sp³-hybridized carbons (Fsp3) is 0.556. The second-order valence-corrected chi connectivity index (χ2v) is 5.51. The van der Waals surface area contributed by atoms with Gasteiger partial charge in [0.25, 0.3) is 0 Å². The van der Waals surface area contributed by atoms with Gasteiger partial charge in [-0.25, -0.2) is 4.79 Å². The average Bonchev–Trinajstić information content (AvgIpc) is 2.27. The Kier molecular flexibility index (Phi) is 2.81. The van der Waals surface area contributed by atoms with E-state index in [2.05, 4.69) is 30.8 Å². The van der Waals surface area contributed by atoms with Crippen LogP contribution in [0.25, 0.3) is 0 Å². The fourth-order valence-corrected chi connectivity index (χ4v) is 1.46. The summed E-state index contributed by atoms with van der Waals surface area (Å²) in [6, 6.07) is 0. The van der Waals surface area contributed by atoms with Crippen LogP contribution in [0.4, 0.5) is 0 Å². The van der Waals surface area contributed by atoms with E-state index in [1.807, 2.05) is 5.41 Å². The molecule has 3 nitrogen and oxygen atoms in total. The van der Waals surface area contributed by atoms with Crippen molar-refractivity contribution >= 4 is 23.4 Å². The van der Waals surface area contributed by atoms with Crippen molar-refractivity contribution < 1.29 is 9.63 Å². The summed E-state index contributed by atoms with van der Waals surface area (Å²) in [6.07, 6.45) is 0. The molecule has 0 N–H and O–H groups in total. The highest BCUT2D eigenvalue weighted by molar-refractivity contribution is 8.03. The van der Waals surface area contributed by atoms with Crippen LogP contribution in [0.5, 0.6) is 0 Å². The van der Waals surface area contributed by atoms with Gasteiger partial charge < -0.3 is 4.84 Å². The van der Waals surface area contributed by atoms with Gasteiger partial charge in [0.05, 0.1) is 11.3 Å². The molecule has 0 saturated carbocycles. The molecule has 1 aliphatic rings. The SMILES string of the molecule is CC1=NOC(=O)/C1=C\SC(C)(C)C. The minimum absolute atomic E-state index is 0.107. The molecular formula is C9H13NO2S. The Morgan fingerprint density at radius 1 is 1.46 bits per heavy atom. The Morgan fingerprint density at radius 3 is 2.46 bits per heavy atom. The number of rotatable bonds is 1. The van der Waals surface area contributed by atoms with Gasteiger partial charge in [-0.05, 0) is 12.3 Å². The van der Waals surface area contributed by atoms with E-state index in [9.17, 15) is 4.79 Å². The smallest absolute Gasteiger partial charge is 0.312 e. The van der Waals surface area contributed by atoms with E-state index in [0.29, 0.717) is 11.3 Å². The van der Waals surface area contributed by atoms with Crippen LogP contribution in [0, 0.1) is 0 Å². The molecule has 0 aromatic rings. The summed E-state index contributed by atoms with van der Waals surface area (Å²) < 4.78 is 0.107.